The number of esters is 2. The minimum atomic E-state index is -0.657. The molecule has 0 spiro atoms. The Morgan fingerprint density at radius 3 is 2.67 bits per heavy atom. The summed E-state index contributed by atoms with van der Waals surface area (Å²) in [5.41, 5.74) is 1.38. The van der Waals surface area contributed by atoms with Crippen LogP contribution in [0, 0.1) is 17.3 Å². The Kier molecular flexibility index (Phi) is 6.81. The van der Waals surface area contributed by atoms with Crippen LogP contribution in [-0.2, 0) is 14.3 Å². The average Bonchev–Trinajstić information content (AvgIpc) is 3.20. The number of hydrogen-bond acceptors (Lipinski definition) is 5. The molecule has 1 aromatic carbocycles. The van der Waals surface area contributed by atoms with Gasteiger partial charge in [0.05, 0.1) is 18.1 Å². The number of hydrogen-bond donors (Lipinski definition) is 1. The molecule has 5 heteroatoms. The van der Waals surface area contributed by atoms with Crippen molar-refractivity contribution in [1.29, 1.82) is 0 Å². The molecular formula is C25H32O5. The maximum absolute atomic E-state index is 12.6. The van der Waals surface area contributed by atoms with Crippen LogP contribution in [0.2, 0.25) is 0 Å². The van der Waals surface area contributed by atoms with Gasteiger partial charge in [-0.1, -0.05) is 55.8 Å². The van der Waals surface area contributed by atoms with Crippen molar-refractivity contribution >= 4 is 11.9 Å². The van der Waals surface area contributed by atoms with E-state index in [1.165, 1.54) is 5.57 Å². The summed E-state index contributed by atoms with van der Waals surface area (Å²) in [6.45, 7) is 8.13. The third-order valence-corrected chi connectivity index (χ3v) is 6.17. The molecule has 0 aromatic heterocycles. The van der Waals surface area contributed by atoms with E-state index in [0.29, 0.717) is 18.4 Å². The number of aliphatic hydroxyl groups is 1. The fraction of sp³-hybridized carbons (Fsp3) is 0.520. The lowest BCUT2D eigenvalue weighted by molar-refractivity contribution is -0.141. The van der Waals surface area contributed by atoms with Crippen molar-refractivity contribution < 1.29 is 24.2 Å². The van der Waals surface area contributed by atoms with Crippen LogP contribution in [0.1, 0.15) is 57.3 Å². The number of carbonyl (C=O) groups is 2. The van der Waals surface area contributed by atoms with E-state index in [-0.39, 0.29) is 41.4 Å². The molecule has 0 amide bonds. The highest BCUT2D eigenvalue weighted by atomic mass is 16.6. The zero-order chi connectivity index (χ0) is 21.9. The monoisotopic (exact) mass is 412 g/mol. The molecule has 5 nitrogen and oxygen atoms in total. The van der Waals surface area contributed by atoms with E-state index in [2.05, 4.69) is 6.08 Å². The van der Waals surface area contributed by atoms with Gasteiger partial charge in [-0.3, -0.25) is 4.79 Å². The zero-order valence-corrected chi connectivity index (χ0v) is 18.2. The summed E-state index contributed by atoms with van der Waals surface area (Å²) in [6, 6.07) is 8.88. The molecule has 1 saturated heterocycles. The quantitative estimate of drug-likeness (QED) is 0.529. The highest BCUT2D eigenvalue weighted by Gasteiger charge is 2.50. The van der Waals surface area contributed by atoms with Gasteiger partial charge in [0.1, 0.15) is 12.2 Å². The fourth-order valence-electron chi connectivity index (χ4n) is 4.15. The summed E-state index contributed by atoms with van der Waals surface area (Å²) in [6.07, 6.45) is 6.11. The van der Waals surface area contributed by atoms with Crippen LogP contribution in [-0.4, -0.2) is 35.4 Å². The number of allylic oxidation sites excluding steroid dienone is 2. The molecule has 30 heavy (non-hydrogen) atoms. The van der Waals surface area contributed by atoms with Crippen LogP contribution in [0.5, 0.6) is 0 Å². The number of carbonyl (C=O) groups excluding carboxylic acids is 2. The lowest BCUT2D eigenvalue weighted by Crippen LogP contribution is -2.28. The lowest BCUT2D eigenvalue weighted by Gasteiger charge is -2.28. The second-order valence-electron chi connectivity index (χ2n) is 9.32. The smallest absolute Gasteiger partial charge is 0.338 e. The van der Waals surface area contributed by atoms with Gasteiger partial charge in [-0.25, -0.2) is 4.79 Å². The van der Waals surface area contributed by atoms with Gasteiger partial charge in [0.25, 0.3) is 0 Å². The molecule has 0 bridgehead atoms. The summed E-state index contributed by atoms with van der Waals surface area (Å²) in [5.74, 6) is -0.783. The van der Waals surface area contributed by atoms with E-state index >= 15 is 0 Å². The number of benzene rings is 1. The lowest BCUT2D eigenvalue weighted by atomic mass is 9.81. The molecule has 3 rings (SSSR count). The first-order valence-electron chi connectivity index (χ1n) is 10.6. The molecule has 1 N–H and O–H groups in total. The molecule has 0 unspecified atom stereocenters. The van der Waals surface area contributed by atoms with Gasteiger partial charge < -0.3 is 14.6 Å². The summed E-state index contributed by atoms with van der Waals surface area (Å²) in [7, 11) is 0. The maximum atomic E-state index is 12.6. The molecule has 0 radical (unpaired) electrons. The van der Waals surface area contributed by atoms with E-state index in [0.717, 1.165) is 6.42 Å². The van der Waals surface area contributed by atoms with Crippen molar-refractivity contribution in [2.45, 2.75) is 65.3 Å². The predicted molar refractivity (Wildman–Crippen MR) is 115 cm³/mol. The van der Waals surface area contributed by atoms with E-state index in [9.17, 15) is 14.7 Å². The number of aliphatic hydroxyl groups excluding tert-OH is 1. The first kappa shape index (κ1) is 22.3. The Balaban J connectivity index is 1.74. The highest BCUT2D eigenvalue weighted by Crippen LogP contribution is 2.44. The Bertz CT molecular complexity index is 819. The first-order valence-corrected chi connectivity index (χ1v) is 10.6. The molecule has 1 saturated carbocycles. The Labute approximate surface area is 178 Å². The summed E-state index contributed by atoms with van der Waals surface area (Å²) < 4.78 is 11.2. The van der Waals surface area contributed by atoms with E-state index in [1.807, 2.05) is 39.8 Å². The second-order valence-corrected chi connectivity index (χ2v) is 9.32. The third-order valence-electron chi connectivity index (χ3n) is 6.17. The van der Waals surface area contributed by atoms with Gasteiger partial charge in [-0.15, -0.1) is 0 Å². The van der Waals surface area contributed by atoms with E-state index in [4.69, 9.17) is 9.47 Å². The van der Waals surface area contributed by atoms with Crippen LogP contribution in [0.15, 0.2) is 54.1 Å². The van der Waals surface area contributed by atoms with Crippen molar-refractivity contribution in [3.05, 3.63) is 59.7 Å². The minimum Gasteiger partial charge on any atom is -0.462 e. The molecule has 162 valence electrons. The van der Waals surface area contributed by atoms with E-state index < -0.39 is 6.10 Å². The summed E-state index contributed by atoms with van der Waals surface area (Å²) in [4.78, 5) is 24.4. The van der Waals surface area contributed by atoms with Crippen LogP contribution < -0.4 is 0 Å². The first-order chi connectivity index (χ1) is 14.2. The van der Waals surface area contributed by atoms with Gasteiger partial charge in [0.2, 0.25) is 0 Å². The van der Waals surface area contributed by atoms with Crippen LogP contribution in [0.4, 0.5) is 0 Å². The van der Waals surface area contributed by atoms with Crippen LogP contribution >= 0.6 is 0 Å². The highest BCUT2D eigenvalue weighted by molar-refractivity contribution is 5.89. The molecule has 1 aliphatic carbocycles. The minimum absolute atomic E-state index is 0.0320. The normalized spacial score (nSPS) is 26.9. The van der Waals surface area contributed by atoms with Crippen molar-refractivity contribution in [2.24, 2.45) is 17.3 Å². The van der Waals surface area contributed by atoms with Gasteiger partial charge in [-0.2, -0.15) is 0 Å². The van der Waals surface area contributed by atoms with Crippen molar-refractivity contribution in [3.63, 3.8) is 0 Å². The average molecular weight is 413 g/mol. The fourth-order valence-corrected chi connectivity index (χ4v) is 4.15. The Morgan fingerprint density at radius 1 is 1.30 bits per heavy atom. The molecule has 1 aliphatic heterocycles. The largest absolute Gasteiger partial charge is 0.462 e. The number of fused-ring (bicyclic) bond motifs is 1. The second kappa shape index (κ2) is 9.17. The van der Waals surface area contributed by atoms with Gasteiger partial charge >= 0.3 is 11.9 Å². The Morgan fingerprint density at radius 2 is 2.00 bits per heavy atom. The molecular weight excluding hydrogens is 380 g/mol. The number of ether oxygens (including phenoxy) is 2. The molecule has 1 aromatic rings. The molecule has 2 aliphatic rings. The number of rotatable bonds is 7. The molecule has 1 heterocycles. The summed E-state index contributed by atoms with van der Waals surface area (Å²) in [5, 5.41) is 10.8. The zero-order valence-electron chi connectivity index (χ0n) is 18.2. The third kappa shape index (κ3) is 5.20. The van der Waals surface area contributed by atoms with Crippen molar-refractivity contribution in [2.75, 3.05) is 0 Å². The van der Waals surface area contributed by atoms with Gasteiger partial charge in [0.15, 0.2) is 0 Å². The maximum Gasteiger partial charge on any atom is 0.338 e. The van der Waals surface area contributed by atoms with Gasteiger partial charge in [-0.05, 0) is 37.8 Å². The van der Waals surface area contributed by atoms with E-state index in [1.54, 1.807) is 30.3 Å². The van der Waals surface area contributed by atoms with Crippen LogP contribution in [0.25, 0.3) is 0 Å². The summed E-state index contributed by atoms with van der Waals surface area (Å²) >= 11 is 0. The van der Waals surface area contributed by atoms with Gasteiger partial charge in [0, 0.05) is 18.3 Å². The van der Waals surface area contributed by atoms with Crippen LogP contribution in [0.3, 0.4) is 0 Å². The SMILES string of the molecule is CC(C)=CCC(C)(C)[C@H](O)C=C[C@@H]1[C@H]2CC(=O)O[C@H]2C[C@H]1OC(=O)c1ccccc1. The van der Waals surface area contributed by atoms with Crippen molar-refractivity contribution in [3.8, 4) is 0 Å². The molecule has 5 atom stereocenters. The standard InChI is InChI=1S/C25H32O5/c1-16(2)12-13-25(3,4)22(26)11-10-18-19-14-23(27)29-21(19)15-20(18)30-24(28)17-8-6-5-7-9-17/h5-12,18-22,26H,13-15H2,1-4H3/t18-,19-,20-,21+,22-/m1/s1. The predicted octanol–water partition coefficient (Wildman–Crippen LogP) is 4.46. The topological polar surface area (TPSA) is 72.8 Å². The Hall–Kier alpha value is -2.40. The van der Waals surface area contributed by atoms with Crippen molar-refractivity contribution in [1.82, 2.24) is 0 Å². The molecule has 2 fully saturated rings.